The summed E-state index contributed by atoms with van der Waals surface area (Å²) < 4.78 is 0. The monoisotopic (exact) mass is 286 g/mol. The minimum absolute atomic E-state index is 0.378. The molecule has 1 amide bonds. The first-order valence-corrected chi connectivity index (χ1v) is 7.01. The van der Waals surface area contributed by atoms with Crippen molar-refractivity contribution >= 4 is 22.8 Å². The third kappa shape index (κ3) is 3.56. The van der Waals surface area contributed by atoms with E-state index in [9.17, 15) is 14.7 Å². The molecule has 5 heteroatoms. The number of nitrogens with zero attached hydrogens (tertiary/aromatic N) is 1. The topological polar surface area (TPSA) is 79.3 Å². The van der Waals surface area contributed by atoms with E-state index in [-0.39, 0.29) is 5.91 Å². The maximum atomic E-state index is 12.3. The molecule has 2 aromatic rings. The Labute approximate surface area is 123 Å². The summed E-state index contributed by atoms with van der Waals surface area (Å²) in [7, 11) is 0. The predicted molar refractivity (Wildman–Crippen MR) is 80.2 cm³/mol. The second kappa shape index (κ2) is 6.83. The van der Waals surface area contributed by atoms with Crippen molar-refractivity contribution in [3.63, 3.8) is 0 Å². The van der Waals surface area contributed by atoms with Crippen molar-refractivity contribution in [3.05, 3.63) is 42.1 Å². The lowest BCUT2D eigenvalue weighted by molar-refractivity contribution is -0.139. The van der Waals surface area contributed by atoms with Crippen molar-refractivity contribution in [2.24, 2.45) is 0 Å². The Morgan fingerprint density at radius 3 is 2.81 bits per heavy atom. The smallest absolute Gasteiger partial charge is 0.326 e. The Morgan fingerprint density at radius 2 is 2.10 bits per heavy atom. The van der Waals surface area contributed by atoms with Crippen LogP contribution in [0.1, 0.15) is 36.5 Å². The fraction of sp³-hybridized carbons (Fsp3) is 0.312. The number of hydrogen-bond acceptors (Lipinski definition) is 3. The summed E-state index contributed by atoms with van der Waals surface area (Å²) >= 11 is 0. The van der Waals surface area contributed by atoms with Gasteiger partial charge in [-0.1, -0.05) is 31.9 Å². The Hall–Kier alpha value is -2.43. The number of rotatable bonds is 6. The van der Waals surface area contributed by atoms with E-state index >= 15 is 0 Å². The van der Waals surface area contributed by atoms with E-state index in [1.54, 1.807) is 30.5 Å². The van der Waals surface area contributed by atoms with Crippen LogP contribution in [-0.2, 0) is 4.79 Å². The van der Waals surface area contributed by atoms with E-state index in [0.717, 1.165) is 18.2 Å². The molecule has 2 rings (SSSR count). The predicted octanol–water partition coefficient (Wildman–Crippen LogP) is 2.61. The molecule has 0 saturated carbocycles. The summed E-state index contributed by atoms with van der Waals surface area (Å²) in [6.07, 6.45) is 3.73. The van der Waals surface area contributed by atoms with Gasteiger partial charge in [0.05, 0.1) is 5.52 Å². The highest BCUT2D eigenvalue weighted by Crippen LogP contribution is 2.16. The highest BCUT2D eigenvalue weighted by Gasteiger charge is 2.20. The number of nitrogens with one attached hydrogen (secondary N) is 1. The van der Waals surface area contributed by atoms with Crippen LogP contribution in [0.25, 0.3) is 10.9 Å². The molecule has 1 aromatic heterocycles. The molecular formula is C16H18N2O3. The number of carboxylic acids is 1. The van der Waals surface area contributed by atoms with Gasteiger partial charge >= 0.3 is 5.97 Å². The lowest BCUT2D eigenvalue weighted by Crippen LogP contribution is -2.40. The van der Waals surface area contributed by atoms with Gasteiger partial charge in [0.1, 0.15) is 6.04 Å². The molecule has 0 aliphatic carbocycles. The molecule has 1 atom stereocenters. The number of benzene rings is 1. The lowest BCUT2D eigenvalue weighted by atomic mass is 10.1. The van der Waals surface area contributed by atoms with Crippen LogP contribution in [0.2, 0.25) is 0 Å². The van der Waals surface area contributed by atoms with Crippen molar-refractivity contribution in [1.82, 2.24) is 10.3 Å². The summed E-state index contributed by atoms with van der Waals surface area (Å²) in [4.78, 5) is 27.7. The van der Waals surface area contributed by atoms with Gasteiger partial charge in [-0.25, -0.2) is 4.79 Å². The van der Waals surface area contributed by atoms with Gasteiger partial charge in [0.25, 0.3) is 5.91 Å². The van der Waals surface area contributed by atoms with Crippen molar-refractivity contribution in [3.8, 4) is 0 Å². The van der Waals surface area contributed by atoms with E-state index < -0.39 is 12.0 Å². The van der Waals surface area contributed by atoms with Crippen LogP contribution in [0.5, 0.6) is 0 Å². The molecule has 2 N–H and O–H groups in total. The molecule has 110 valence electrons. The molecule has 0 spiro atoms. The summed E-state index contributed by atoms with van der Waals surface area (Å²) in [5, 5.41) is 12.5. The molecule has 0 aliphatic heterocycles. The van der Waals surface area contributed by atoms with Crippen LogP contribution in [0, 0.1) is 0 Å². The highest BCUT2D eigenvalue weighted by atomic mass is 16.4. The Morgan fingerprint density at radius 1 is 1.29 bits per heavy atom. The number of carboxylic acid groups (broad SMARTS) is 1. The SMILES string of the molecule is CCCC[C@H](NC(=O)c1cccc2ncccc12)C(=O)O. The summed E-state index contributed by atoms with van der Waals surface area (Å²) in [6.45, 7) is 1.98. The molecule has 0 saturated heterocycles. The van der Waals surface area contributed by atoms with Crippen LogP contribution in [0.4, 0.5) is 0 Å². The zero-order valence-electron chi connectivity index (χ0n) is 11.9. The number of carbonyl (C=O) groups excluding carboxylic acids is 1. The molecule has 5 nitrogen and oxygen atoms in total. The van der Waals surface area contributed by atoms with Crippen molar-refractivity contribution in [1.29, 1.82) is 0 Å². The summed E-state index contributed by atoms with van der Waals surface area (Å²) in [6, 6.07) is 7.94. The number of hydrogen-bond donors (Lipinski definition) is 2. The van der Waals surface area contributed by atoms with Crippen LogP contribution >= 0.6 is 0 Å². The number of pyridine rings is 1. The fourth-order valence-corrected chi connectivity index (χ4v) is 2.20. The number of amides is 1. The Balaban J connectivity index is 2.23. The molecule has 0 radical (unpaired) electrons. The number of carbonyl (C=O) groups is 2. The van der Waals surface area contributed by atoms with Crippen molar-refractivity contribution in [2.45, 2.75) is 32.2 Å². The Kier molecular flexibility index (Phi) is 4.87. The van der Waals surface area contributed by atoms with E-state index in [2.05, 4.69) is 10.3 Å². The zero-order chi connectivity index (χ0) is 15.2. The second-order valence-corrected chi connectivity index (χ2v) is 4.88. The highest BCUT2D eigenvalue weighted by molar-refractivity contribution is 6.07. The first-order valence-electron chi connectivity index (χ1n) is 7.01. The standard InChI is InChI=1S/C16H18N2O3/c1-2-3-8-14(16(20)21)18-15(19)12-6-4-9-13-11(12)7-5-10-17-13/h4-7,9-10,14H,2-3,8H2,1H3,(H,18,19)(H,20,21)/t14-/m0/s1. The van der Waals surface area contributed by atoms with E-state index in [4.69, 9.17) is 0 Å². The minimum atomic E-state index is -1.00. The number of aromatic nitrogens is 1. The first-order chi connectivity index (χ1) is 10.1. The molecule has 0 aliphatic rings. The molecule has 1 heterocycles. The molecule has 0 fully saturated rings. The average Bonchev–Trinajstić information content (AvgIpc) is 2.50. The lowest BCUT2D eigenvalue weighted by Gasteiger charge is -2.14. The van der Waals surface area contributed by atoms with Crippen LogP contribution < -0.4 is 5.32 Å². The first kappa shape index (κ1) is 15.0. The summed E-state index contributed by atoms with van der Waals surface area (Å²) in [5.41, 5.74) is 1.16. The van der Waals surface area contributed by atoms with Gasteiger partial charge in [-0.3, -0.25) is 9.78 Å². The third-order valence-corrected chi connectivity index (χ3v) is 3.34. The van der Waals surface area contributed by atoms with E-state index in [0.29, 0.717) is 17.5 Å². The van der Waals surface area contributed by atoms with Crippen LogP contribution in [0.3, 0.4) is 0 Å². The van der Waals surface area contributed by atoms with Gasteiger partial charge in [-0.2, -0.15) is 0 Å². The van der Waals surface area contributed by atoms with Crippen LogP contribution in [0.15, 0.2) is 36.5 Å². The number of aliphatic carboxylic acids is 1. The van der Waals surface area contributed by atoms with Gasteiger partial charge < -0.3 is 10.4 Å². The number of fused-ring (bicyclic) bond motifs is 1. The van der Waals surface area contributed by atoms with Crippen molar-refractivity contribution < 1.29 is 14.7 Å². The van der Waals surface area contributed by atoms with Gasteiger partial charge in [-0.05, 0) is 24.6 Å². The van der Waals surface area contributed by atoms with Gasteiger partial charge in [0.15, 0.2) is 0 Å². The van der Waals surface area contributed by atoms with Gasteiger partial charge in [0.2, 0.25) is 0 Å². The normalized spacial score (nSPS) is 12.0. The maximum absolute atomic E-state index is 12.3. The molecule has 0 bridgehead atoms. The molecule has 1 aromatic carbocycles. The number of unbranched alkanes of at least 4 members (excludes halogenated alkanes) is 1. The maximum Gasteiger partial charge on any atom is 0.326 e. The van der Waals surface area contributed by atoms with E-state index in [1.807, 2.05) is 13.0 Å². The Bertz CT molecular complexity index is 650. The molecular weight excluding hydrogens is 268 g/mol. The third-order valence-electron chi connectivity index (χ3n) is 3.34. The van der Waals surface area contributed by atoms with Crippen LogP contribution in [-0.4, -0.2) is 28.0 Å². The van der Waals surface area contributed by atoms with Crippen molar-refractivity contribution in [2.75, 3.05) is 0 Å². The zero-order valence-corrected chi connectivity index (χ0v) is 11.9. The molecule has 21 heavy (non-hydrogen) atoms. The fourth-order valence-electron chi connectivity index (χ4n) is 2.20. The average molecular weight is 286 g/mol. The molecule has 0 unspecified atom stereocenters. The van der Waals surface area contributed by atoms with E-state index in [1.165, 1.54) is 0 Å². The second-order valence-electron chi connectivity index (χ2n) is 4.88. The quantitative estimate of drug-likeness (QED) is 0.855. The minimum Gasteiger partial charge on any atom is -0.480 e. The summed E-state index contributed by atoms with van der Waals surface area (Å²) in [5.74, 6) is -1.38. The van der Waals surface area contributed by atoms with Gasteiger partial charge in [0, 0.05) is 17.1 Å². The largest absolute Gasteiger partial charge is 0.480 e. The van der Waals surface area contributed by atoms with Gasteiger partial charge in [-0.15, -0.1) is 0 Å².